The largest absolute Gasteiger partial charge is 0.480 e. The van der Waals surface area contributed by atoms with Crippen molar-refractivity contribution in [3.8, 4) is 0 Å². The number of aryl methyl sites for hydroxylation is 1. The van der Waals surface area contributed by atoms with Crippen LogP contribution < -0.4 is 10.0 Å². The summed E-state index contributed by atoms with van der Waals surface area (Å²) in [5.74, 6) is -2.03. The Balaban J connectivity index is 2.25. The minimum Gasteiger partial charge on any atom is -0.480 e. The van der Waals surface area contributed by atoms with Gasteiger partial charge in [-0.25, -0.2) is 17.9 Å². The standard InChI is InChI=1S/C18H26N2O5S/c1-11(2)16(18(22)23)19-17(21)13-9-8-12(3)15(10-13)26(24,25)20-14-6-4-5-7-14/h8-11,14,16,20H,4-7H2,1-3H3,(H,19,21)(H,22,23)/t16-/m0/s1. The summed E-state index contributed by atoms with van der Waals surface area (Å²) in [6, 6.07) is 3.25. The molecular weight excluding hydrogens is 356 g/mol. The van der Waals surface area contributed by atoms with E-state index in [1.54, 1.807) is 26.8 Å². The Morgan fingerprint density at radius 1 is 1.19 bits per heavy atom. The molecule has 1 aliphatic rings. The highest BCUT2D eigenvalue weighted by Gasteiger charge is 2.27. The fourth-order valence-electron chi connectivity index (χ4n) is 3.10. The maximum absolute atomic E-state index is 12.7. The van der Waals surface area contributed by atoms with Gasteiger partial charge in [0.05, 0.1) is 4.90 Å². The number of sulfonamides is 1. The van der Waals surface area contributed by atoms with Crippen LogP contribution in [-0.2, 0) is 14.8 Å². The molecule has 1 amide bonds. The lowest BCUT2D eigenvalue weighted by atomic mass is 10.0. The maximum atomic E-state index is 12.7. The third-order valence-electron chi connectivity index (χ3n) is 4.64. The predicted molar refractivity (Wildman–Crippen MR) is 97.5 cm³/mol. The van der Waals surface area contributed by atoms with Crippen molar-refractivity contribution >= 4 is 21.9 Å². The van der Waals surface area contributed by atoms with Crippen molar-refractivity contribution in [2.24, 2.45) is 5.92 Å². The van der Waals surface area contributed by atoms with E-state index in [9.17, 15) is 23.1 Å². The van der Waals surface area contributed by atoms with Crippen molar-refractivity contribution in [3.63, 3.8) is 0 Å². The maximum Gasteiger partial charge on any atom is 0.326 e. The quantitative estimate of drug-likeness (QED) is 0.668. The molecule has 0 heterocycles. The zero-order chi connectivity index (χ0) is 19.5. The molecule has 0 unspecified atom stereocenters. The topological polar surface area (TPSA) is 113 Å². The number of rotatable bonds is 7. The van der Waals surface area contributed by atoms with Gasteiger partial charge >= 0.3 is 5.97 Å². The van der Waals surface area contributed by atoms with Crippen molar-refractivity contribution in [1.82, 2.24) is 10.0 Å². The number of aliphatic carboxylic acids is 1. The third kappa shape index (κ3) is 4.82. The van der Waals surface area contributed by atoms with Gasteiger partial charge in [-0.05, 0) is 43.4 Å². The van der Waals surface area contributed by atoms with E-state index in [1.165, 1.54) is 12.1 Å². The minimum atomic E-state index is -3.74. The fraction of sp³-hybridized carbons (Fsp3) is 0.556. The molecule has 144 valence electrons. The Bertz CT molecular complexity index is 783. The summed E-state index contributed by atoms with van der Waals surface area (Å²) in [5.41, 5.74) is 0.653. The van der Waals surface area contributed by atoms with Crippen LogP contribution in [0.1, 0.15) is 55.5 Å². The van der Waals surface area contributed by atoms with E-state index in [1.807, 2.05) is 0 Å². The molecule has 0 saturated heterocycles. The highest BCUT2D eigenvalue weighted by atomic mass is 32.2. The number of hydrogen-bond donors (Lipinski definition) is 3. The van der Waals surface area contributed by atoms with Crippen molar-refractivity contribution < 1.29 is 23.1 Å². The van der Waals surface area contributed by atoms with Crippen molar-refractivity contribution in [3.05, 3.63) is 29.3 Å². The van der Waals surface area contributed by atoms with E-state index in [0.717, 1.165) is 25.7 Å². The summed E-state index contributed by atoms with van der Waals surface area (Å²) >= 11 is 0. The lowest BCUT2D eigenvalue weighted by molar-refractivity contribution is -0.140. The first-order valence-electron chi connectivity index (χ1n) is 8.78. The molecule has 0 aromatic heterocycles. The van der Waals surface area contributed by atoms with E-state index >= 15 is 0 Å². The molecule has 1 aromatic carbocycles. The van der Waals surface area contributed by atoms with Crippen LogP contribution in [0, 0.1) is 12.8 Å². The molecule has 0 bridgehead atoms. The van der Waals surface area contributed by atoms with Gasteiger partial charge in [-0.3, -0.25) is 4.79 Å². The van der Waals surface area contributed by atoms with Crippen LogP contribution in [0.2, 0.25) is 0 Å². The molecule has 1 aliphatic carbocycles. The zero-order valence-corrected chi connectivity index (χ0v) is 16.1. The van der Waals surface area contributed by atoms with Gasteiger partial charge in [-0.1, -0.05) is 32.8 Å². The lowest BCUT2D eigenvalue weighted by Crippen LogP contribution is -2.44. The van der Waals surface area contributed by atoms with Gasteiger partial charge in [-0.15, -0.1) is 0 Å². The molecule has 0 radical (unpaired) electrons. The first kappa shape index (κ1) is 20.4. The van der Waals surface area contributed by atoms with E-state index in [0.29, 0.717) is 5.56 Å². The van der Waals surface area contributed by atoms with Crippen molar-refractivity contribution in [2.75, 3.05) is 0 Å². The van der Waals surface area contributed by atoms with Crippen molar-refractivity contribution in [1.29, 1.82) is 0 Å². The first-order valence-corrected chi connectivity index (χ1v) is 10.3. The Labute approximate surface area is 154 Å². The Morgan fingerprint density at radius 3 is 2.35 bits per heavy atom. The SMILES string of the molecule is Cc1ccc(C(=O)N[C@H](C(=O)O)C(C)C)cc1S(=O)(=O)NC1CCCC1. The summed E-state index contributed by atoms with van der Waals surface area (Å²) in [6.45, 7) is 5.05. The van der Waals surface area contributed by atoms with Crippen LogP contribution in [0.4, 0.5) is 0 Å². The molecular formula is C18H26N2O5S. The summed E-state index contributed by atoms with van der Waals surface area (Å²) in [4.78, 5) is 23.7. The van der Waals surface area contributed by atoms with E-state index in [-0.39, 0.29) is 22.4 Å². The molecule has 1 atom stereocenters. The predicted octanol–water partition coefficient (Wildman–Crippen LogP) is 2.05. The molecule has 3 N–H and O–H groups in total. The summed E-state index contributed by atoms with van der Waals surface area (Å²) in [7, 11) is -3.74. The van der Waals surface area contributed by atoms with Gasteiger partial charge in [0.15, 0.2) is 0 Å². The van der Waals surface area contributed by atoms with Crippen LogP contribution in [0.5, 0.6) is 0 Å². The number of benzene rings is 1. The van der Waals surface area contributed by atoms with Crippen LogP contribution in [0.15, 0.2) is 23.1 Å². The summed E-state index contributed by atoms with van der Waals surface area (Å²) < 4.78 is 28.1. The summed E-state index contributed by atoms with van der Waals surface area (Å²) in [6.07, 6.45) is 3.63. The molecule has 8 heteroatoms. The Kier molecular flexibility index (Phi) is 6.41. The van der Waals surface area contributed by atoms with Crippen molar-refractivity contribution in [2.45, 2.75) is 63.4 Å². The molecule has 0 aliphatic heterocycles. The molecule has 2 rings (SSSR count). The monoisotopic (exact) mass is 382 g/mol. The summed E-state index contributed by atoms with van der Waals surface area (Å²) in [5, 5.41) is 11.7. The molecule has 0 spiro atoms. The fourth-order valence-corrected chi connectivity index (χ4v) is 4.67. The molecule has 1 fully saturated rings. The van der Waals surface area contributed by atoms with Gasteiger partial charge in [0.25, 0.3) is 5.91 Å². The minimum absolute atomic E-state index is 0.0495. The average molecular weight is 382 g/mol. The normalized spacial score (nSPS) is 16.6. The molecule has 1 aromatic rings. The van der Waals surface area contributed by atoms with Crippen LogP contribution in [0.3, 0.4) is 0 Å². The molecule has 7 nitrogen and oxygen atoms in total. The van der Waals surface area contributed by atoms with Crippen LogP contribution in [-0.4, -0.2) is 37.5 Å². The lowest BCUT2D eigenvalue weighted by Gasteiger charge is -2.19. The smallest absolute Gasteiger partial charge is 0.326 e. The van der Waals surface area contributed by atoms with Gasteiger partial charge in [0.2, 0.25) is 10.0 Å². The number of carbonyl (C=O) groups is 2. The number of carboxylic acid groups (broad SMARTS) is 1. The number of amides is 1. The molecule has 26 heavy (non-hydrogen) atoms. The van der Waals surface area contributed by atoms with Gasteiger partial charge in [0.1, 0.15) is 6.04 Å². The van der Waals surface area contributed by atoms with Crippen LogP contribution in [0.25, 0.3) is 0 Å². The second kappa shape index (κ2) is 8.18. The number of nitrogens with one attached hydrogen (secondary N) is 2. The second-order valence-electron chi connectivity index (χ2n) is 7.12. The Hall–Kier alpha value is -1.93. The Morgan fingerprint density at radius 2 is 1.81 bits per heavy atom. The number of carbonyl (C=O) groups excluding carboxylic acids is 1. The number of carboxylic acids is 1. The van der Waals surface area contributed by atoms with Gasteiger partial charge in [-0.2, -0.15) is 0 Å². The van der Waals surface area contributed by atoms with E-state index in [4.69, 9.17) is 0 Å². The first-order chi connectivity index (χ1) is 12.1. The highest BCUT2D eigenvalue weighted by Crippen LogP contribution is 2.23. The molecule has 1 saturated carbocycles. The van der Waals surface area contributed by atoms with Gasteiger partial charge in [0, 0.05) is 11.6 Å². The van der Waals surface area contributed by atoms with Crippen LogP contribution >= 0.6 is 0 Å². The van der Waals surface area contributed by atoms with E-state index in [2.05, 4.69) is 10.0 Å². The van der Waals surface area contributed by atoms with Gasteiger partial charge < -0.3 is 10.4 Å². The average Bonchev–Trinajstić information content (AvgIpc) is 3.04. The second-order valence-corrected chi connectivity index (χ2v) is 8.80. The zero-order valence-electron chi connectivity index (χ0n) is 15.3. The van der Waals surface area contributed by atoms with E-state index < -0.39 is 27.9 Å². The third-order valence-corrected chi connectivity index (χ3v) is 6.30. The highest BCUT2D eigenvalue weighted by molar-refractivity contribution is 7.89. The number of hydrogen-bond acceptors (Lipinski definition) is 4.